The van der Waals surface area contributed by atoms with Crippen LogP contribution in [0.2, 0.25) is 0 Å². The molecule has 0 aromatic heterocycles. The third-order valence-corrected chi connectivity index (χ3v) is 4.29. The summed E-state index contributed by atoms with van der Waals surface area (Å²) in [5.74, 6) is 0.188. The van der Waals surface area contributed by atoms with E-state index in [9.17, 15) is 5.11 Å². The van der Waals surface area contributed by atoms with E-state index in [1.807, 2.05) is 36.4 Å². The monoisotopic (exact) mass is 318 g/mol. The van der Waals surface area contributed by atoms with Gasteiger partial charge in [0.25, 0.3) is 0 Å². The number of rotatable bonds is 5. The van der Waals surface area contributed by atoms with Gasteiger partial charge < -0.3 is 5.11 Å². The van der Waals surface area contributed by atoms with Crippen molar-refractivity contribution in [3.8, 4) is 0 Å². The first-order valence-electron chi connectivity index (χ1n) is 6.68. The Morgan fingerprint density at radius 1 is 1.00 bits per heavy atom. The second-order valence-corrected chi connectivity index (χ2v) is 5.64. The Kier molecular flexibility index (Phi) is 5.17. The molecule has 0 amide bonds. The maximum Gasteiger partial charge on any atom is 0.0649 e. The molecule has 2 rings (SSSR count). The highest BCUT2D eigenvalue weighted by atomic mass is 79.9. The molecular formula is C17H19BrO. The largest absolute Gasteiger partial charge is 0.392 e. The van der Waals surface area contributed by atoms with Crippen molar-refractivity contribution in [3.05, 3.63) is 70.2 Å². The maximum absolute atomic E-state index is 10.5. The summed E-state index contributed by atoms with van der Waals surface area (Å²) in [5, 5.41) is 10.5. The second-order valence-electron chi connectivity index (χ2n) is 4.79. The lowest BCUT2D eigenvalue weighted by Gasteiger charge is -2.22. The molecule has 0 radical (unpaired) electrons. The number of hydrogen-bond acceptors (Lipinski definition) is 1. The van der Waals surface area contributed by atoms with Crippen molar-refractivity contribution in [1.82, 2.24) is 0 Å². The molecule has 2 heteroatoms. The summed E-state index contributed by atoms with van der Waals surface area (Å²) in [4.78, 5) is 0. The third kappa shape index (κ3) is 3.68. The number of aliphatic hydroxyl groups is 1. The van der Waals surface area contributed by atoms with Gasteiger partial charge in [-0.25, -0.2) is 0 Å². The van der Waals surface area contributed by atoms with Crippen LogP contribution in [0.15, 0.2) is 59.1 Å². The molecule has 0 aliphatic carbocycles. The molecule has 0 fully saturated rings. The standard InChI is InChI=1S/C17H19BrO/c1-2-15(13-8-4-3-5-9-13)17(19)12-14-10-6-7-11-16(14)18/h3-11,15,17,19H,2,12H2,1H3. The van der Waals surface area contributed by atoms with Crippen molar-refractivity contribution in [1.29, 1.82) is 0 Å². The van der Waals surface area contributed by atoms with Crippen LogP contribution in [0.1, 0.15) is 30.4 Å². The molecule has 1 nitrogen and oxygen atoms in total. The molecule has 0 bridgehead atoms. The van der Waals surface area contributed by atoms with Gasteiger partial charge in [-0.15, -0.1) is 0 Å². The molecule has 0 aliphatic rings. The molecule has 2 aromatic rings. The number of aliphatic hydroxyl groups excluding tert-OH is 1. The van der Waals surface area contributed by atoms with Gasteiger partial charge in [0.15, 0.2) is 0 Å². The Labute approximate surface area is 123 Å². The highest BCUT2D eigenvalue weighted by Crippen LogP contribution is 2.27. The molecule has 1 N–H and O–H groups in total. The summed E-state index contributed by atoms with van der Waals surface area (Å²) in [5.41, 5.74) is 2.37. The van der Waals surface area contributed by atoms with Gasteiger partial charge in [0.05, 0.1) is 6.10 Å². The van der Waals surface area contributed by atoms with Crippen LogP contribution in [0.5, 0.6) is 0 Å². The Morgan fingerprint density at radius 2 is 1.63 bits per heavy atom. The molecule has 100 valence electrons. The normalized spacial score (nSPS) is 14.1. The van der Waals surface area contributed by atoms with Crippen molar-refractivity contribution in [2.75, 3.05) is 0 Å². The lowest BCUT2D eigenvalue weighted by atomic mass is 9.88. The molecule has 0 spiro atoms. The summed E-state index contributed by atoms with van der Waals surface area (Å²) in [6.45, 7) is 2.13. The zero-order valence-corrected chi connectivity index (χ0v) is 12.7. The van der Waals surface area contributed by atoms with Crippen LogP contribution in [-0.4, -0.2) is 11.2 Å². The summed E-state index contributed by atoms with van der Waals surface area (Å²) < 4.78 is 1.07. The van der Waals surface area contributed by atoms with Crippen molar-refractivity contribution >= 4 is 15.9 Å². The molecule has 2 atom stereocenters. The van der Waals surface area contributed by atoms with Gasteiger partial charge in [-0.2, -0.15) is 0 Å². The molecule has 0 saturated heterocycles. The lowest BCUT2D eigenvalue weighted by molar-refractivity contribution is 0.140. The topological polar surface area (TPSA) is 20.2 Å². The average molecular weight is 319 g/mol. The van der Waals surface area contributed by atoms with Gasteiger partial charge in [-0.3, -0.25) is 0 Å². The van der Waals surface area contributed by atoms with Gasteiger partial charge in [0.1, 0.15) is 0 Å². The van der Waals surface area contributed by atoms with Crippen molar-refractivity contribution < 1.29 is 5.11 Å². The van der Waals surface area contributed by atoms with Crippen LogP contribution >= 0.6 is 15.9 Å². The van der Waals surface area contributed by atoms with Gasteiger partial charge in [0, 0.05) is 16.8 Å². The highest BCUT2D eigenvalue weighted by Gasteiger charge is 2.20. The van der Waals surface area contributed by atoms with E-state index in [1.54, 1.807) is 0 Å². The maximum atomic E-state index is 10.5. The third-order valence-electron chi connectivity index (χ3n) is 3.52. The van der Waals surface area contributed by atoms with Gasteiger partial charge in [-0.1, -0.05) is 71.4 Å². The van der Waals surface area contributed by atoms with E-state index in [-0.39, 0.29) is 12.0 Å². The average Bonchev–Trinajstić information content (AvgIpc) is 2.43. The predicted molar refractivity (Wildman–Crippen MR) is 83.3 cm³/mol. The van der Waals surface area contributed by atoms with E-state index < -0.39 is 0 Å². The first-order chi connectivity index (χ1) is 9.22. The van der Waals surface area contributed by atoms with E-state index >= 15 is 0 Å². The Hall–Kier alpha value is -1.12. The Balaban J connectivity index is 2.14. The van der Waals surface area contributed by atoms with Crippen LogP contribution in [0.4, 0.5) is 0 Å². The predicted octanol–water partition coefficient (Wildman–Crippen LogP) is 4.55. The molecule has 19 heavy (non-hydrogen) atoms. The molecule has 0 heterocycles. The van der Waals surface area contributed by atoms with E-state index in [1.165, 1.54) is 5.56 Å². The summed E-state index contributed by atoms with van der Waals surface area (Å²) in [6, 6.07) is 18.3. The van der Waals surface area contributed by atoms with Crippen LogP contribution in [0.3, 0.4) is 0 Å². The second kappa shape index (κ2) is 6.88. The number of halogens is 1. The fourth-order valence-electron chi connectivity index (χ4n) is 2.46. The SMILES string of the molecule is CCC(c1ccccc1)C(O)Cc1ccccc1Br. The minimum atomic E-state index is -0.355. The molecule has 2 aromatic carbocycles. The fraction of sp³-hybridized carbons (Fsp3) is 0.294. The van der Waals surface area contributed by atoms with Crippen LogP contribution in [0, 0.1) is 0 Å². The summed E-state index contributed by atoms with van der Waals surface area (Å²) >= 11 is 3.54. The zero-order valence-electron chi connectivity index (χ0n) is 11.1. The minimum Gasteiger partial charge on any atom is -0.392 e. The van der Waals surface area contributed by atoms with E-state index in [0.717, 1.165) is 16.5 Å². The van der Waals surface area contributed by atoms with E-state index in [0.29, 0.717) is 6.42 Å². The van der Waals surface area contributed by atoms with Crippen LogP contribution < -0.4 is 0 Å². The molecular weight excluding hydrogens is 300 g/mol. The van der Waals surface area contributed by atoms with Gasteiger partial charge >= 0.3 is 0 Å². The molecule has 2 unspecified atom stereocenters. The Bertz CT molecular complexity index is 510. The highest BCUT2D eigenvalue weighted by molar-refractivity contribution is 9.10. The fourth-order valence-corrected chi connectivity index (χ4v) is 2.91. The van der Waals surface area contributed by atoms with Crippen molar-refractivity contribution in [3.63, 3.8) is 0 Å². The lowest BCUT2D eigenvalue weighted by Crippen LogP contribution is -2.20. The van der Waals surface area contributed by atoms with Crippen molar-refractivity contribution in [2.45, 2.75) is 31.8 Å². The van der Waals surface area contributed by atoms with Gasteiger partial charge in [0.2, 0.25) is 0 Å². The smallest absolute Gasteiger partial charge is 0.0649 e. The summed E-state index contributed by atoms with van der Waals surface area (Å²) in [7, 11) is 0. The van der Waals surface area contributed by atoms with Crippen molar-refractivity contribution in [2.24, 2.45) is 0 Å². The van der Waals surface area contributed by atoms with E-state index in [2.05, 4.69) is 41.1 Å². The van der Waals surface area contributed by atoms with E-state index in [4.69, 9.17) is 0 Å². The number of hydrogen-bond donors (Lipinski definition) is 1. The summed E-state index contributed by atoms with van der Waals surface area (Å²) in [6.07, 6.45) is 1.26. The van der Waals surface area contributed by atoms with Crippen LogP contribution in [-0.2, 0) is 6.42 Å². The molecule has 0 aliphatic heterocycles. The van der Waals surface area contributed by atoms with Crippen LogP contribution in [0.25, 0.3) is 0 Å². The number of benzene rings is 2. The van der Waals surface area contributed by atoms with Gasteiger partial charge in [-0.05, 0) is 23.6 Å². The zero-order chi connectivity index (χ0) is 13.7. The first-order valence-corrected chi connectivity index (χ1v) is 7.48. The Morgan fingerprint density at radius 3 is 2.26 bits per heavy atom. The first kappa shape index (κ1) is 14.3. The quantitative estimate of drug-likeness (QED) is 0.857. The molecule has 0 saturated carbocycles. The minimum absolute atomic E-state index is 0.188.